The second-order valence-electron chi connectivity index (χ2n) is 5.68. The van der Waals surface area contributed by atoms with Crippen LogP contribution >= 0.6 is 23.1 Å². The molecule has 0 saturated carbocycles. The summed E-state index contributed by atoms with van der Waals surface area (Å²) in [6.07, 6.45) is 0. The first-order valence-electron chi connectivity index (χ1n) is 7.71. The Balaban J connectivity index is 1.81. The summed E-state index contributed by atoms with van der Waals surface area (Å²) >= 11 is 3.40. The van der Waals surface area contributed by atoms with Gasteiger partial charge in [-0.3, -0.25) is 4.79 Å². The summed E-state index contributed by atoms with van der Waals surface area (Å²) in [5.74, 6) is 0.964. The molecule has 0 unspecified atom stereocenters. The molecule has 2 atom stereocenters. The Hall–Kier alpha value is -1.30. The predicted molar refractivity (Wildman–Crippen MR) is 101 cm³/mol. The van der Waals surface area contributed by atoms with Crippen LogP contribution in [0.4, 0.5) is 0 Å². The maximum atomic E-state index is 12.3. The number of nitrogens with zero attached hydrogens (tertiary/aromatic N) is 1. The molecule has 0 aliphatic heterocycles. The van der Waals surface area contributed by atoms with Crippen molar-refractivity contribution in [1.29, 1.82) is 0 Å². The van der Waals surface area contributed by atoms with Crippen molar-refractivity contribution in [3.63, 3.8) is 0 Å². The second-order valence-corrected chi connectivity index (χ2v) is 7.99. The molecule has 0 fully saturated rings. The van der Waals surface area contributed by atoms with Gasteiger partial charge in [-0.15, -0.1) is 23.1 Å². The van der Waals surface area contributed by atoms with Gasteiger partial charge >= 0.3 is 0 Å². The topological polar surface area (TPSA) is 32.3 Å². The van der Waals surface area contributed by atoms with Gasteiger partial charge in [0.05, 0.1) is 11.3 Å². The zero-order valence-corrected chi connectivity index (χ0v) is 15.5. The summed E-state index contributed by atoms with van der Waals surface area (Å²) < 4.78 is 0. The van der Waals surface area contributed by atoms with E-state index in [4.69, 9.17) is 0 Å². The molecule has 0 aliphatic carbocycles. The molecular weight excluding hydrogens is 324 g/mol. The van der Waals surface area contributed by atoms with E-state index < -0.39 is 0 Å². The fraction of sp³-hybridized carbons (Fsp3) is 0.389. The molecular formula is C18H24N2OS2. The fourth-order valence-electron chi connectivity index (χ4n) is 2.23. The number of nitrogens with one attached hydrogen (secondary N) is 1. The van der Waals surface area contributed by atoms with Gasteiger partial charge in [0.2, 0.25) is 5.91 Å². The van der Waals surface area contributed by atoms with Crippen molar-refractivity contribution in [2.24, 2.45) is 0 Å². The summed E-state index contributed by atoms with van der Waals surface area (Å²) in [5.41, 5.74) is 1.25. The SMILES string of the molecule is C[C@@H](SCc1ccccc1)C(=O)NC[C@H](c1cccs1)N(C)C. The molecule has 0 bridgehead atoms. The minimum Gasteiger partial charge on any atom is -0.353 e. The van der Waals surface area contributed by atoms with Crippen molar-refractivity contribution in [2.75, 3.05) is 20.6 Å². The Morgan fingerprint density at radius 1 is 1.22 bits per heavy atom. The van der Waals surface area contributed by atoms with E-state index in [9.17, 15) is 4.79 Å². The number of hydrogen-bond acceptors (Lipinski definition) is 4. The quantitative estimate of drug-likeness (QED) is 0.788. The second kappa shape index (κ2) is 9.11. The molecule has 23 heavy (non-hydrogen) atoms. The van der Waals surface area contributed by atoms with Gasteiger partial charge in [0.25, 0.3) is 0 Å². The first-order chi connectivity index (χ1) is 11.1. The lowest BCUT2D eigenvalue weighted by Crippen LogP contribution is -2.37. The summed E-state index contributed by atoms with van der Waals surface area (Å²) in [6.45, 7) is 2.61. The van der Waals surface area contributed by atoms with Crippen LogP contribution in [0.2, 0.25) is 0 Å². The average molecular weight is 349 g/mol. The van der Waals surface area contributed by atoms with E-state index in [0.29, 0.717) is 6.54 Å². The van der Waals surface area contributed by atoms with Crippen LogP contribution in [0.5, 0.6) is 0 Å². The smallest absolute Gasteiger partial charge is 0.232 e. The largest absolute Gasteiger partial charge is 0.353 e. The molecule has 0 radical (unpaired) electrons. The normalized spacial score (nSPS) is 13.7. The Labute approximate surface area is 147 Å². The van der Waals surface area contributed by atoms with Crippen LogP contribution in [-0.4, -0.2) is 36.7 Å². The average Bonchev–Trinajstić information content (AvgIpc) is 3.07. The number of amides is 1. The summed E-state index contributed by atoms with van der Waals surface area (Å²) in [6, 6.07) is 14.7. The first-order valence-corrected chi connectivity index (χ1v) is 9.64. The molecule has 0 aliphatic rings. The van der Waals surface area contributed by atoms with Gasteiger partial charge in [0.1, 0.15) is 0 Å². The summed E-state index contributed by atoms with van der Waals surface area (Å²) in [5, 5.41) is 5.11. The molecule has 5 heteroatoms. The van der Waals surface area contributed by atoms with E-state index >= 15 is 0 Å². The molecule has 2 rings (SSSR count). The van der Waals surface area contributed by atoms with Crippen molar-refractivity contribution < 1.29 is 4.79 Å². The Morgan fingerprint density at radius 3 is 2.57 bits per heavy atom. The van der Waals surface area contributed by atoms with Gasteiger partial charge < -0.3 is 10.2 Å². The lowest BCUT2D eigenvalue weighted by atomic mass is 10.2. The number of hydrogen-bond donors (Lipinski definition) is 1. The molecule has 3 nitrogen and oxygen atoms in total. The van der Waals surface area contributed by atoms with Crippen LogP contribution in [0.3, 0.4) is 0 Å². The molecule has 1 aromatic carbocycles. The standard InChI is InChI=1S/C18H24N2OS2/c1-14(23-13-15-8-5-4-6-9-15)18(21)19-12-16(20(2)3)17-10-7-11-22-17/h4-11,14,16H,12-13H2,1-3H3,(H,19,21)/t14-,16-/m1/s1. The predicted octanol–water partition coefficient (Wildman–Crippen LogP) is 3.79. The third-order valence-electron chi connectivity index (χ3n) is 3.68. The summed E-state index contributed by atoms with van der Waals surface area (Å²) in [7, 11) is 4.09. The van der Waals surface area contributed by atoms with E-state index in [1.54, 1.807) is 23.1 Å². The van der Waals surface area contributed by atoms with Crippen LogP contribution in [0, 0.1) is 0 Å². The number of likely N-dealkylation sites (N-methyl/N-ethyl adjacent to an activating group) is 1. The highest BCUT2D eigenvalue weighted by Crippen LogP contribution is 2.23. The van der Waals surface area contributed by atoms with Crippen LogP contribution < -0.4 is 5.32 Å². The highest BCUT2D eigenvalue weighted by Gasteiger charge is 2.19. The molecule has 1 N–H and O–H groups in total. The monoisotopic (exact) mass is 348 g/mol. The van der Waals surface area contributed by atoms with E-state index in [1.165, 1.54) is 10.4 Å². The maximum absolute atomic E-state index is 12.3. The third kappa shape index (κ3) is 5.68. The van der Waals surface area contributed by atoms with Crippen LogP contribution in [-0.2, 0) is 10.5 Å². The van der Waals surface area contributed by atoms with E-state index in [2.05, 4.69) is 39.9 Å². The van der Waals surface area contributed by atoms with Crippen LogP contribution in [0.25, 0.3) is 0 Å². The van der Waals surface area contributed by atoms with Gasteiger partial charge in [0, 0.05) is 17.2 Å². The first kappa shape index (κ1) is 18.0. The van der Waals surface area contributed by atoms with Crippen LogP contribution in [0.1, 0.15) is 23.4 Å². The number of carbonyl (C=O) groups is 1. The lowest BCUT2D eigenvalue weighted by Gasteiger charge is -2.24. The fourth-order valence-corrected chi connectivity index (χ4v) is 4.02. The Bertz CT molecular complexity index is 584. The minimum absolute atomic E-state index is 0.0543. The van der Waals surface area contributed by atoms with Gasteiger partial charge in [-0.1, -0.05) is 36.4 Å². The number of thioether (sulfide) groups is 1. The van der Waals surface area contributed by atoms with Crippen LogP contribution in [0.15, 0.2) is 47.8 Å². The third-order valence-corrected chi connectivity index (χ3v) is 5.86. The van der Waals surface area contributed by atoms with Gasteiger partial charge in [0.15, 0.2) is 0 Å². The molecule has 1 heterocycles. The highest BCUT2D eigenvalue weighted by molar-refractivity contribution is 7.99. The van der Waals surface area contributed by atoms with Crippen molar-refractivity contribution in [1.82, 2.24) is 10.2 Å². The van der Waals surface area contributed by atoms with E-state index in [-0.39, 0.29) is 17.2 Å². The molecule has 1 amide bonds. The van der Waals surface area contributed by atoms with Crippen molar-refractivity contribution in [3.05, 3.63) is 58.3 Å². The van der Waals surface area contributed by atoms with Crippen molar-refractivity contribution in [2.45, 2.75) is 24.0 Å². The molecule has 0 saturated heterocycles. The zero-order chi connectivity index (χ0) is 16.7. The number of benzene rings is 1. The molecule has 1 aromatic heterocycles. The Kier molecular flexibility index (Phi) is 7.15. The van der Waals surface area contributed by atoms with Gasteiger partial charge in [-0.25, -0.2) is 0 Å². The molecule has 2 aromatic rings. The number of thiophene rings is 1. The van der Waals surface area contributed by atoms with Crippen molar-refractivity contribution >= 4 is 29.0 Å². The summed E-state index contributed by atoms with van der Waals surface area (Å²) in [4.78, 5) is 15.7. The molecule has 124 valence electrons. The van der Waals surface area contributed by atoms with E-state index in [0.717, 1.165) is 5.75 Å². The number of rotatable bonds is 8. The highest BCUT2D eigenvalue weighted by atomic mass is 32.2. The maximum Gasteiger partial charge on any atom is 0.232 e. The lowest BCUT2D eigenvalue weighted by molar-refractivity contribution is -0.120. The Morgan fingerprint density at radius 2 is 1.96 bits per heavy atom. The molecule has 0 spiro atoms. The zero-order valence-electron chi connectivity index (χ0n) is 13.9. The number of carbonyl (C=O) groups excluding carboxylic acids is 1. The van der Waals surface area contributed by atoms with Gasteiger partial charge in [-0.05, 0) is 38.0 Å². The van der Waals surface area contributed by atoms with E-state index in [1.807, 2.05) is 39.2 Å². The van der Waals surface area contributed by atoms with Gasteiger partial charge in [-0.2, -0.15) is 0 Å². The minimum atomic E-state index is -0.0543. The van der Waals surface area contributed by atoms with Crippen molar-refractivity contribution in [3.8, 4) is 0 Å².